The first kappa shape index (κ1) is 14.6. The molecule has 21 heavy (non-hydrogen) atoms. The molecule has 2 rings (SSSR count). The summed E-state index contributed by atoms with van der Waals surface area (Å²) < 4.78 is 5.11. The lowest BCUT2D eigenvalue weighted by Crippen LogP contribution is -2.28. The first-order valence-electron chi connectivity index (χ1n) is 6.56. The number of nitrogens with two attached hydrogens (primary N) is 1. The second-order valence-electron chi connectivity index (χ2n) is 4.55. The minimum absolute atomic E-state index is 0.0364. The number of hydrogen-bond donors (Lipinski definition) is 3. The molecule has 0 saturated heterocycles. The molecule has 6 heteroatoms. The van der Waals surface area contributed by atoms with Gasteiger partial charge in [0.2, 0.25) is 5.91 Å². The summed E-state index contributed by atoms with van der Waals surface area (Å²) in [5.41, 5.74) is 7.69. The summed E-state index contributed by atoms with van der Waals surface area (Å²) in [6, 6.07) is 11.3. The van der Waals surface area contributed by atoms with Gasteiger partial charge in [-0.2, -0.15) is 0 Å². The number of carbonyl (C=O) groups is 1. The van der Waals surface area contributed by atoms with Crippen molar-refractivity contribution in [1.29, 1.82) is 0 Å². The molecule has 2 aromatic rings. The van der Waals surface area contributed by atoms with Crippen LogP contribution in [0.4, 0.5) is 5.69 Å². The van der Waals surface area contributed by atoms with E-state index < -0.39 is 0 Å². The van der Waals surface area contributed by atoms with Crippen LogP contribution in [0.15, 0.2) is 52.1 Å². The predicted octanol–water partition coefficient (Wildman–Crippen LogP) is 1.63. The van der Waals surface area contributed by atoms with Crippen LogP contribution in [-0.4, -0.2) is 18.4 Å². The maximum atomic E-state index is 11.6. The third-order valence-electron chi connectivity index (χ3n) is 2.72. The van der Waals surface area contributed by atoms with Crippen LogP contribution in [0.2, 0.25) is 0 Å². The quantitative estimate of drug-likeness (QED) is 0.575. The number of guanidine groups is 1. The maximum Gasteiger partial charge on any atom is 0.242 e. The third kappa shape index (κ3) is 5.02. The zero-order valence-corrected chi connectivity index (χ0v) is 11.8. The van der Waals surface area contributed by atoms with E-state index in [-0.39, 0.29) is 18.4 Å². The first-order chi connectivity index (χ1) is 10.1. The molecule has 0 atom stereocenters. The summed E-state index contributed by atoms with van der Waals surface area (Å²) in [6.45, 7) is 2.29. The highest BCUT2D eigenvalue weighted by atomic mass is 16.3. The van der Waals surface area contributed by atoms with Gasteiger partial charge >= 0.3 is 0 Å². The van der Waals surface area contributed by atoms with Crippen molar-refractivity contribution in [3.05, 3.63) is 54.0 Å². The average molecular weight is 286 g/mol. The van der Waals surface area contributed by atoms with Gasteiger partial charge in [0.05, 0.1) is 12.8 Å². The van der Waals surface area contributed by atoms with E-state index in [1.807, 2.05) is 31.2 Å². The molecule has 0 aliphatic rings. The molecule has 0 bridgehead atoms. The highest BCUT2D eigenvalue weighted by Gasteiger charge is 2.02. The number of anilines is 1. The lowest BCUT2D eigenvalue weighted by atomic mass is 10.2. The number of carbonyl (C=O) groups excluding carboxylic acids is 1. The number of nitrogens with zero attached hydrogens (tertiary/aromatic N) is 1. The predicted molar refractivity (Wildman–Crippen MR) is 81.8 cm³/mol. The number of benzene rings is 1. The Morgan fingerprint density at radius 3 is 2.90 bits per heavy atom. The van der Waals surface area contributed by atoms with Crippen molar-refractivity contribution in [2.75, 3.05) is 11.9 Å². The van der Waals surface area contributed by atoms with Crippen LogP contribution in [0.5, 0.6) is 0 Å². The third-order valence-corrected chi connectivity index (χ3v) is 2.72. The van der Waals surface area contributed by atoms with E-state index in [0.29, 0.717) is 12.3 Å². The summed E-state index contributed by atoms with van der Waals surface area (Å²) in [5, 5.41) is 5.63. The van der Waals surface area contributed by atoms with Gasteiger partial charge in [0.15, 0.2) is 5.96 Å². The lowest BCUT2D eigenvalue weighted by molar-refractivity contribution is -0.119. The monoisotopic (exact) mass is 286 g/mol. The number of rotatable bonds is 5. The Balaban J connectivity index is 1.78. The molecule has 0 aliphatic heterocycles. The van der Waals surface area contributed by atoms with E-state index in [1.165, 1.54) is 0 Å². The van der Waals surface area contributed by atoms with Gasteiger partial charge in [-0.15, -0.1) is 0 Å². The summed E-state index contributed by atoms with van der Waals surface area (Å²) in [6.07, 6.45) is 1.56. The number of aliphatic imine (C=N–C) groups is 1. The summed E-state index contributed by atoms with van der Waals surface area (Å²) >= 11 is 0. The Bertz CT molecular complexity index is 620. The molecule has 1 amide bonds. The SMILES string of the molecule is Cc1cccc(NC(N)=NCC(=O)NCc2ccco2)c1. The zero-order valence-electron chi connectivity index (χ0n) is 11.8. The zero-order chi connectivity index (χ0) is 15.1. The van der Waals surface area contributed by atoms with Crippen molar-refractivity contribution in [3.8, 4) is 0 Å². The number of amides is 1. The van der Waals surface area contributed by atoms with Crippen molar-refractivity contribution < 1.29 is 9.21 Å². The Morgan fingerprint density at radius 1 is 1.33 bits per heavy atom. The Hall–Kier alpha value is -2.76. The number of nitrogens with one attached hydrogen (secondary N) is 2. The van der Waals surface area contributed by atoms with E-state index >= 15 is 0 Å². The fourth-order valence-corrected chi connectivity index (χ4v) is 1.72. The maximum absolute atomic E-state index is 11.6. The number of aryl methyl sites for hydroxylation is 1. The fourth-order valence-electron chi connectivity index (χ4n) is 1.72. The largest absolute Gasteiger partial charge is 0.467 e. The summed E-state index contributed by atoms with van der Waals surface area (Å²) in [5.74, 6) is 0.673. The fraction of sp³-hybridized carbons (Fsp3) is 0.200. The molecule has 4 N–H and O–H groups in total. The highest BCUT2D eigenvalue weighted by molar-refractivity contribution is 5.93. The standard InChI is InChI=1S/C15H18N4O2/c1-11-4-2-5-12(8-11)19-15(16)18-10-14(20)17-9-13-6-3-7-21-13/h2-8H,9-10H2,1H3,(H,17,20)(H3,16,18,19). The molecule has 0 aliphatic carbocycles. The molecule has 0 fully saturated rings. The van der Waals surface area contributed by atoms with Crippen LogP contribution in [0.25, 0.3) is 0 Å². The van der Waals surface area contributed by atoms with Crippen molar-refractivity contribution in [3.63, 3.8) is 0 Å². The van der Waals surface area contributed by atoms with Crippen LogP contribution in [0.1, 0.15) is 11.3 Å². The molecule has 0 unspecified atom stereocenters. The molecular weight excluding hydrogens is 268 g/mol. The van der Waals surface area contributed by atoms with Gasteiger partial charge in [0, 0.05) is 5.69 Å². The van der Waals surface area contributed by atoms with E-state index in [9.17, 15) is 4.79 Å². The van der Waals surface area contributed by atoms with E-state index in [0.717, 1.165) is 11.3 Å². The number of hydrogen-bond acceptors (Lipinski definition) is 3. The molecule has 1 aromatic heterocycles. The van der Waals surface area contributed by atoms with E-state index in [4.69, 9.17) is 10.2 Å². The van der Waals surface area contributed by atoms with Crippen LogP contribution >= 0.6 is 0 Å². The van der Waals surface area contributed by atoms with Crippen LogP contribution < -0.4 is 16.4 Å². The Morgan fingerprint density at radius 2 is 2.19 bits per heavy atom. The molecular formula is C15H18N4O2. The molecule has 0 radical (unpaired) electrons. The van der Waals surface area contributed by atoms with Gasteiger partial charge in [-0.25, -0.2) is 4.99 Å². The second-order valence-corrected chi connectivity index (χ2v) is 4.55. The average Bonchev–Trinajstić information content (AvgIpc) is 2.96. The topological polar surface area (TPSA) is 92.6 Å². The van der Waals surface area contributed by atoms with Gasteiger partial charge in [0.25, 0.3) is 0 Å². The van der Waals surface area contributed by atoms with E-state index in [2.05, 4.69) is 15.6 Å². The van der Waals surface area contributed by atoms with Gasteiger partial charge in [0.1, 0.15) is 12.3 Å². The van der Waals surface area contributed by atoms with Crippen molar-refractivity contribution in [2.45, 2.75) is 13.5 Å². The van der Waals surface area contributed by atoms with Crippen LogP contribution in [-0.2, 0) is 11.3 Å². The Labute approximate surface area is 123 Å². The minimum atomic E-state index is -0.222. The highest BCUT2D eigenvalue weighted by Crippen LogP contribution is 2.08. The molecule has 1 aromatic carbocycles. The smallest absolute Gasteiger partial charge is 0.242 e. The molecule has 1 heterocycles. The molecule has 110 valence electrons. The first-order valence-corrected chi connectivity index (χ1v) is 6.56. The number of furan rings is 1. The van der Waals surface area contributed by atoms with Crippen LogP contribution in [0.3, 0.4) is 0 Å². The van der Waals surface area contributed by atoms with E-state index in [1.54, 1.807) is 18.4 Å². The molecule has 6 nitrogen and oxygen atoms in total. The molecule has 0 saturated carbocycles. The van der Waals surface area contributed by atoms with Gasteiger partial charge in [-0.05, 0) is 36.8 Å². The van der Waals surface area contributed by atoms with Gasteiger partial charge < -0.3 is 20.8 Å². The summed E-state index contributed by atoms with van der Waals surface area (Å²) in [7, 11) is 0. The minimum Gasteiger partial charge on any atom is -0.467 e. The lowest BCUT2D eigenvalue weighted by Gasteiger charge is -2.06. The Kier molecular flexibility index (Phi) is 4.98. The summed E-state index contributed by atoms with van der Waals surface area (Å²) in [4.78, 5) is 15.6. The molecule has 0 spiro atoms. The van der Waals surface area contributed by atoms with Crippen molar-refractivity contribution >= 4 is 17.6 Å². The van der Waals surface area contributed by atoms with Gasteiger partial charge in [-0.3, -0.25) is 4.79 Å². The van der Waals surface area contributed by atoms with Crippen molar-refractivity contribution in [2.24, 2.45) is 10.7 Å². The normalized spacial score (nSPS) is 11.2. The van der Waals surface area contributed by atoms with Gasteiger partial charge in [-0.1, -0.05) is 12.1 Å². The van der Waals surface area contributed by atoms with Crippen LogP contribution in [0, 0.1) is 6.92 Å². The second kappa shape index (κ2) is 7.14. The van der Waals surface area contributed by atoms with Crippen molar-refractivity contribution in [1.82, 2.24) is 5.32 Å².